The number of halogens is 2. The summed E-state index contributed by atoms with van der Waals surface area (Å²) in [6, 6.07) is 6.08. The first kappa shape index (κ1) is 16.5. The lowest BCUT2D eigenvalue weighted by Gasteiger charge is -2.19. The molecule has 0 amide bonds. The first-order valence-corrected chi connectivity index (χ1v) is 7.72. The molecule has 126 valence electrons. The molecule has 0 unspecified atom stereocenters. The fourth-order valence-electron chi connectivity index (χ4n) is 2.15. The van der Waals surface area contributed by atoms with Crippen molar-refractivity contribution in [3.05, 3.63) is 47.5 Å². The van der Waals surface area contributed by atoms with Gasteiger partial charge in [-0.05, 0) is 32.0 Å². The number of hydrogen-bond donors (Lipinski definition) is 3. The summed E-state index contributed by atoms with van der Waals surface area (Å²) < 4.78 is 15.5. The van der Waals surface area contributed by atoms with Gasteiger partial charge in [0.25, 0.3) is 0 Å². The fourth-order valence-corrected chi connectivity index (χ4v) is 2.31. The molecule has 1 aromatic carbocycles. The van der Waals surface area contributed by atoms with Crippen molar-refractivity contribution in [3.63, 3.8) is 0 Å². The fraction of sp³-hybridized carbons (Fsp3) is 0.250. The van der Waals surface area contributed by atoms with Gasteiger partial charge in [-0.25, -0.2) is 13.9 Å². The minimum absolute atomic E-state index is 0.264. The van der Waals surface area contributed by atoms with E-state index < -0.39 is 11.4 Å². The average Bonchev–Trinajstić information content (AvgIpc) is 2.95. The van der Waals surface area contributed by atoms with Gasteiger partial charge in [0.15, 0.2) is 11.5 Å². The Morgan fingerprint density at radius 1 is 1.29 bits per heavy atom. The Hall–Kier alpha value is -2.38. The molecule has 0 aliphatic rings. The zero-order valence-electron chi connectivity index (χ0n) is 13.2. The Morgan fingerprint density at radius 3 is 2.79 bits per heavy atom. The SMILES string of the molecule is CC(C)(O)CNc1cc(Nc2ccc(Cl)cc2F)nn2ccnc12. The van der Waals surface area contributed by atoms with Crippen LogP contribution in [-0.2, 0) is 0 Å². The van der Waals surface area contributed by atoms with E-state index in [1.54, 1.807) is 49.0 Å². The molecule has 0 saturated heterocycles. The van der Waals surface area contributed by atoms with Crippen LogP contribution in [0.4, 0.5) is 21.6 Å². The van der Waals surface area contributed by atoms with Gasteiger partial charge in [-0.3, -0.25) is 0 Å². The van der Waals surface area contributed by atoms with Crippen LogP contribution in [0.5, 0.6) is 0 Å². The maximum atomic E-state index is 14.0. The molecule has 2 aromatic heterocycles. The molecule has 24 heavy (non-hydrogen) atoms. The predicted octanol–water partition coefficient (Wildman–Crippen LogP) is 3.45. The van der Waals surface area contributed by atoms with Gasteiger partial charge in [0.05, 0.1) is 17.0 Å². The highest BCUT2D eigenvalue weighted by Crippen LogP contribution is 2.25. The molecule has 0 aliphatic carbocycles. The number of nitrogens with one attached hydrogen (secondary N) is 2. The summed E-state index contributed by atoms with van der Waals surface area (Å²) in [6.45, 7) is 3.73. The summed E-state index contributed by atoms with van der Waals surface area (Å²) in [5.74, 6) is -0.0407. The molecular weight excluding hydrogens is 333 g/mol. The quantitative estimate of drug-likeness (QED) is 0.658. The lowest BCUT2D eigenvalue weighted by atomic mass is 10.1. The number of aromatic nitrogens is 3. The third kappa shape index (κ3) is 3.74. The molecule has 2 heterocycles. The van der Waals surface area contributed by atoms with Crippen LogP contribution >= 0.6 is 11.6 Å². The third-order valence-electron chi connectivity index (χ3n) is 3.26. The number of imidazole rings is 1. The number of aliphatic hydroxyl groups is 1. The third-order valence-corrected chi connectivity index (χ3v) is 3.50. The molecule has 0 fully saturated rings. The van der Waals surface area contributed by atoms with E-state index in [0.29, 0.717) is 28.7 Å². The van der Waals surface area contributed by atoms with Crippen LogP contribution in [0.15, 0.2) is 36.7 Å². The molecule has 3 rings (SSSR count). The van der Waals surface area contributed by atoms with Crippen LogP contribution in [0.2, 0.25) is 5.02 Å². The molecule has 0 saturated carbocycles. The van der Waals surface area contributed by atoms with E-state index in [-0.39, 0.29) is 5.69 Å². The first-order valence-electron chi connectivity index (χ1n) is 7.34. The minimum Gasteiger partial charge on any atom is -0.389 e. The van der Waals surface area contributed by atoms with E-state index in [9.17, 15) is 9.50 Å². The zero-order chi connectivity index (χ0) is 17.3. The Labute approximate surface area is 143 Å². The highest BCUT2D eigenvalue weighted by molar-refractivity contribution is 6.30. The number of rotatable bonds is 5. The predicted molar refractivity (Wildman–Crippen MR) is 92.5 cm³/mol. The molecule has 3 aromatic rings. The van der Waals surface area contributed by atoms with Crippen LogP contribution in [0.1, 0.15) is 13.8 Å². The number of fused-ring (bicyclic) bond motifs is 1. The number of nitrogens with zero attached hydrogens (tertiary/aromatic N) is 3. The molecule has 0 radical (unpaired) electrons. The molecule has 0 atom stereocenters. The van der Waals surface area contributed by atoms with Gasteiger partial charge >= 0.3 is 0 Å². The van der Waals surface area contributed by atoms with Crippen LogP contribution in [0.3, 0.4) is 0 Å². The van der Waals surface area contributed by atoms with Crippen LogP contribution < -0.4 is 10.6 Å². The van der Waals surface area contributed by atoms with Gasteiger partial charge in [-0.2, -0.15) is 0 Å². The first-order chi connectivity index (χ1) is 11.3. The van der Waals surface area contributed by atoms with E-state index in [2.05, 4.69) is 20.7 Å². The van der Waals surface area contributed by atoms with Gasteiger partial charge < -0.3 is 15.7 Å². The van der Waals surface area contributed by atoms with Crippen molar-refractivity contribution in [1.82, 2.24) is 14.6 Å². The Morgan fingerprint density at radius 2 is 2.08 bits per heavy atom. The van der Waals surface area contributed by atoms with Crippen LogP contribution in [-0.4, -0.2) is 31.9 Å². The summed E-state index contributed by atoms with van der Waals surface area (Å²) in [6.07, 6.45) is 3.30. The topological polar surface area (TPSA) is 74.5 Å². The Bertz CT molecular complexity index is 875. The summed E-state index contributed by atoms with van der Waals surface area (Å²) in [5, 5.41) is 20.6. The van der Waals surface area contributed by atoms with E-state index in [1.165, 1.54) is 6.07 Å². The van der Waals surface area contributed by atoms with E-state index in [4.69, 9.17) is 11.6 Å². The summed E-state index contributed by atoms with van der Waals surface area (Å²) in [7, 11) is 0. The van der Waals surface area contributed by atoms with Crippen molar-refractivity contribution in [1.29, 1.82) is 0 Å². The second-order valence-corrected chi connectivity index (χ2v) is 6.49. The van der Waals surface area contributed by atoms with E-state index >= 15 is 0 Å². The minimum atomic E-state index is -0.886. The lowest BCUT2D eigenvalue weighted by Crippen LogP contribution is -2.29. The second-order valence-electron chi connectivity index (χ2n) is 6.05. The monoisotopic (exact) mass is 349 g/mol. The summed E-state index contributed by atoms with van der Waals surface area (Å²) in [4.78, 5) is 4.23. The van der Waals surface area contributed by atoms with E-state index in [0.717, 1.165) is 0 Å². The Balaban J connectivity index is 1.93. The molecule has 0 bridgehead atoms. The summed E-state index contributed by atoms with van der Waals surface area (Å²) >= 11 is 5.76. The van der Waals surface area contributed by atoms with Gasteiger partial charge in [-0.1, -0.05) is 11.6 Å². The zero-order valence-corrected chi connectivity index (χ0v) is 14.0. The number of hydrogen-bond acceptors (Lipinski definition) is 5. The Kier molecular flexibility index (Phi) is 4.29. The molecular formula is C16H17ClFN5O. The smallest absolute Gasteiger partial charge is 0.177 e. The van der Waals surface area contributed by atoms with Crippen molar-refractivity contribution in [2.75, 3.05) is 17.2 Å². The number of anilines is 3. The van der Waals surface area contributed by atoms with Crippen LogP contribution in [0, 0.1) is 5.82 Å². The van der Waals surface area contributed by atoms with Crippen LogP contribution in [0.25, 0.3) is 5.65 Å². The van der Waals surface area contributed by atoms with Gasteiger partial charge in [-0.15, -0.1) is 5.10 Å². The van der Waals surface area contributed by atoms with Gasteiger partial charge in [0.1, 0.15) is 5.82 Å². The maximum absolute atomic E-state index is 14.0. The standard InChI is InChI=1S/C16H17ClFN5O/c1-16(2,24)9-20-13-8-14(22-23-6-5-19-15(13)23)21-12-4-3-10(17)7-11(12)18/h3-8,20,24H,9H2,1-2H3,(H,21,22). The molecule has 0 aliphatic heterocycles. The molecule has 0 spiro atoms. The second kappa shape index (κ2) is 6.26. The molecule has 6 nitrogen and oxygen atoms in total. The highest BCUT2D eigenvalue weighted by atomic mass is 35.5. The van der Waals surface area contributed by atoms with Gasteiger partial charge in [0.2, 0.25) is 0 Å². The maximum Gasteiger partial charge on any atom is 0.177 e. The molecule has 8 heteroatoms. The normalized spacial score (nSPS) is 11.7. The van der Waals surface area contributed by atoms with E-state index in [1.807, 2.05) is 0 Å². The van der Waals surface area contributed by atoms with Gasteiger partial charge in [0, 0.05) is 30.0 Å². The summed E-state index contributed by atoms with van der Waals surface area (Å²) in [5.41, 5.74) is 0.665. The van der Waals surface area contributed by atoms with Crippen molar-refractivity contribution >= 4 is 34.4 Å². The lowest BCUT2D eigenvalue weighted by molar-refractivity contribution is 0.0945. The highest BCUT2D eigenvalue weighted by Gasteiger charge is 2.15. The van der Waals surface area contributed by atoms with Crippen molar-refractivity contribution in [2.45, 2.75) is 19.4 Å². The van der Waals surface area contributed by atoms with Crippen molar-refractivity contribution in [3.8, 4) is 0 Å². The molecule has 3 N–H and O–H groups in total. The average molecular weight is 350 g/mol. The number of benzene rings is 1. The largest absolute Gasteiger partial charge is 0.389 e. The van der Waals surface area contributed by atoms with Crippen molar-refractivity contribution < 1.29 is 9.50 Å². The van der Waals surface area contributed by atoms with Crippen molar-refractivity contribution in [2.24, 2.45) is 0 Å².